The molecule has 0 fully saturated rings. The van der Waals surface area contributed by atoms with Gasteiger partial charge >= 0.3 is 23.9 Å². The fraction of sp³-hybridized carbons (Fsp3) is 0.172. The molecule has 38 heavy (non-hydrogen) atoms. The molecular formula is C29H26O9. The number of carbonyl (C=O) groups is 4. The van der Waals surface area contributed by atoms with Gasteiger partial charge in [-0.1, -0.05) is 6.58 Å². The minimum absolute atomic E-state index is 0.263. The molecule has 0 atom stereocenters. The molecule has 0 aliphatic heterocycles. The molecule has 0 amide bonds. The monoisotopic (exact) mass is 518 g/mol. The molecule has 0 aliphatic rings. The summed E-state index contributed by atoms with van der Waals surface area (Å²) in [4.78, 5) is 46.7. The summed E-state index contributed by atoms with van der Waals surface area (Å²) in [5.74, 6) is -0.604. The minimum Gasteiger partial charge on any atom is -0.494 e. The predicted octanol–water partition coefficient (Wildman–Crippen LogP) is 4.94. The first-order chi connectivity index (χ1) is 18.3. The van der Waals surface area contributed by atoms with Crippen molar-refractivity contribution in [1.82, 2.24) is 0 Å². The van der Waals surface area contributed by atoms with Gasteiger partial charge in [0.1, 0.15) is 23.0 Å². The van der Waals surface area contributed by atoms with Gasteiger partial charge in [-0.2, -0.15) is 0 Å². The predicted molar refractivity (Wildman–Crippen MR) is 136 cm³/mol. The molecule has 0 bridgehead atoms. The van der Waals surface area contributed by atoms with E-state index in [9.17, 15) is 19.2 Å². The van der Waals surface area contributed by atoms with Gasteiger partial charge in [0.05, 0.1) is 24.3 Å². The minimum atomic E-state index is -0.595. The Labute approximate surface area is 219 Å². The molecule has 0 saturated heterocycles. The molecule has 0 aliphatic carbocycles. The Bertz CT molecular complexity index is 1260. The summed E-state index contributed by atoms with van der Waals surface area (Å²) in [5.41, 5.74) is 0.610. The van der Waals surface area contributed by atoms with E-state index in [-0.39, 0.29) is 17.1 Å². The van der Waals surface area contributed by atoms with Gasteiger partial charge in [-0.15, -0.1) is 0 Å². The Hall–Kier alpha value is -4.92. The van der Waals surface area contributed by atoms with Crippen molar-refractivity contribution in [3.63, 3.8) is 0 Å². The second-order valence-electron chi connectivity index (χ2n) is 7.82. The summed E-state index contributed by atoms with van der Waals surface area (Å²) in [6.07, 6.45) is 2.47. The van der Waals surface area contributed by atoms with Crippen molar-refractivity contribution in [2.24, 2.45) is 0 Å². The van der Waals surface area contributed by atoms with Crippen molar-refractivity contribution in [2.75, 3.05) is 13.2 Å². The Morgan fingerprint density at radius 1 is 0.632 bits per heavy atom. The van der Waals surface area contributed by atoms with E-state index in [2.05, 4.69) is 6.58 Å². The topological polar surface area (TPSA) is 114 Å². The van der Waals surface area contributed by atoms with E-state index in [4.69, 9.17) is 23.7 Å². The quantitative estimate of drug-likeness (QED) is 0.142. The number of ether oxygens (including phenoxy) is 5. The molecule has 9 nitrogen and oxygen atoms in total. The highest BCUT2D eigenvalue weighted by Crippen LogP contribution is 2.21. The summed E-state index contributed by atoms with van der Waals surface area (Å²) in [5, 5.41) is 0. The lowest BCUT2D eigenvalue weighted by Crippen LogP contribution is -2.10. The van der Waals surface area contributed by atoms with Crippen LogP contribution in [0, 0.1) is 0 Å². The van der Waals surface area contributed by atoms with Gasteiger partial charge in [-0.3, -0.25) is 4.79 Å². The number of hydrogen-bond donors (Lipinski definition) is 0. The van der Waals surface area contributed by atoms with Crippen LogP contribution in [0.25, 0.3) is 0 Å². The maximum Gasteiger partial charge on any atom is 0.343 e. The third-order valence-electron chi connectivity index (χ3n) is 4.90. The van der Waals surface area contributed by atoms with E-state index < -0.39 is 23.9 Å². The van der Waals surface area contributed by atoms with Gasteiger partial charge in [0, 0.05) is 13.0 Å². The van der Waals surface area contributed by atoms with Crippen LogP contribution in [0.1, 0.15) is 40.5 Å². The third kappa shape index (κ3) is 8.94. The van der Waals surface area contributed by atoms with Gasteiger partial charge in [0.25, 0.3) is 0 Å². The molecule has 3 rings (SSSR count). The van der Waals surface area contributed by atoms with E-state index in [1.54, 1.807) is 24.3 Å². The van der Waals surface area contributed by atoms with E-state index in [1.807, 2.05) is 0 Å². The molecule has 196 valence electrons. The van der Waals surface area contributed by atoms with Gasteiger partial charge < -0.3 is 23.7 Å². The van der Waals surface area contributed by atoms with Crippen LogP contribution in [0.5, 0.6) is 23.0 Å². The van der Waals surface area contributed by atoms with E-state index in [1.165, 1.54) is 55.5 Å². The maximum absolute atomic E-state index is 12.5. The normalized spacial score (nSPS) is 10.1. The second-order valence-corrected chi connectivity index (χ2v) is 7.82. The summed E-state index contributed by atoms with van der Waals surface area (Å²) in [6, 6.07) is 18.5. The molecule has 9 heteroatoms. The highest BCUT2D eigenvalue weighted by Gasteiger charge is 2.12. The molecule has 3 aromatic rings. The van der Waals surface area contributed by atoms with Gasteiger partial charge in [0.2, 0.25) is 0 Å². The van der Waals surface area contributed by atoms with Crippen molar-refractivity contribution >= 4 is 23.9 Å². The second kappa shape index (κ2) is 14.0. The molecule has 3 aromatic carbocycles. The van der Waals surface area contributed by atoms with E-state index >= 15 is 0 Å². The third-order valence-corrected chi connectivity index (χ3v) is 4.90. The number of unbranched alkanes of at least 4 members (excludes halogenated alkanes) is 1. The number of esters is 4. The first-order valence-corrected chi connectivity index (χ1v) is 11.7. The summed E-state index contributed by atoms with van der Waals surface area (Å²) >= 11 is 0. The maximum atomic E-state index is 12.5. The lowest BCUT2D eigenvalue weighted by molar-refractivity contribution is -0.138. The molecule has 0 unspecified atom stereocenters. The van der Waals surface area contributed by atoms with Crippen molar-refractivity contribution < 1.29 is 42.9 Å². The number of hydrogen-bond acceptors (Lipinski definition) is 9. The van der Waals surface area contributed by atoms with Gasteiger partial charge in [0.15, 0.2) is 0 Å². The fourth-order valence-electron chi connectivity index (χ4n) is 3.05. The van der Waals surface area contributed by atoms with Crippen LogP contribution in [0.2, 0.25) is 0 Å². The molecule has 0 N–H and O–H groups in total. The van der Waals surface area contributed by atoms with Crippen molar-refractivity contribution in [3.05, 3.63) is 96.6 Å². The zero-order valence-electron chi connectivity index (χ0n) is 20.7. The van der Waals surface area contributed by atoms with Crippen LogP contribution < -0.4 is 18.9 Å². The first kappa shape index (κ1) is 27.7. The first-order valence-electron chi connectivity index (χ1n) is 11.7. The van der Waals surface area contributed by atoms with Crippen LogP contribution >= 0.6 is 0 Å². The smallest absolute Gasteiger partial charge is 0.343 e. The number of rotatable bonds is 12. The van der Waals surface area contributed by atoms with Gasteiger partial charge in [-0.25, -0.2) is 14.4 Å². The Kier molecular flexibility index (Phi) is 10.2. The summed E-state index contributed by atoms with van der Waals surface area (Å²) < 4.78 is 26.1. The average Bonchev–Trinajstić information content (AvgIpc) is 2.92. The Morgan fingerprint density at radius 2 is 1.05 bits per heavy atom. The SMILES string of the molecule is C=CC(=O)OCCCCOc1ccc(C(=O)Oc2ccc(OC(=O)c3ccc(OC(C)=O)cc3)cc2)cc1. The van der Waals surface area contributed by atoms with E-state index in [0.717, 1.165) is 6.08 Å². The van der Waals surface area contributed by atoms with Crippen molar-refractivity contribution in [1.29, 1.82) is 0 Å². The average molecular weight is 519 g/mol. The lowest BCUT2D eigenvalue weighted by Gasteiger charge is -2.09. The number of carbonyl (C=O) groups excluding carboxylic acids is 4. The zero-order chi connectivity index (χ0) is 27.3. The highest BCUT2D eigenvalue weighted by atomic mass is 16.5. The van der Waals surface area contributed by atoms with Crippen LogP contribution in [0.15, 0.2) is 85.5 Å². The summed E-state index contributed by atoms with van der Waals surface area (Å²) in [6.45, 7) is 5.35. The summed E-state index contributed by atoms with van der Waals surface area (Å²) in [7, 11) is 0. The van der Waals surface area contributed by atoms with Crippen molar-refractivity contribution in [2.45, 2.75) is 19.8 Å². The van der Waals surface area contributed by atoms with E-state index in [0.29, 0.717) is 43.1 Å². The largest absolute Gasteiger partial charge is 0.494 e. The molecule has 0 heterocycles. The Morgan fingerprint density at radius 3 is 1.53 bits per heavy atom. The standard InChI is InChI=1S/C29H26O9/c1-3-27(31)35-19-5-4-18-34-23-10-6-21(7-11-23)28(32)37-25-14-16-26(17-15-25)38-29(33)22-8-12-24(13-9-22)36-20(2)30/h3,6-17H,1,4-5,18-19H2,2H3. The number of benzene rings is 3. The Balaban J connectivity index is 1.44. The molecule has 0 radical (unpaired) electrons. The fourth-order valence-corrected chi connectivity index (χ4v) is 3.05. The zero-order valence-corrected chi connectivity index (χ0v) is 20.7. The van der Waals surface area contributed by atoms with Crippen LogP contribution in [-0.2, 0) is 14.3 Å². The van der Waals surface area contributed by atoms with Crippen LogP contribution in [0.4, 0.5) is 0 Å². The van der Waals surface area contributed by atoms with Gasteiger partial charge in [-0.05, 0) is 85.6 Å². The molecule has 0 spiro atoms. The lowest BCUT2D eigenvalue weighted by atomic mass is 10.2. The highest BCUT2D eigenvalue weighted by molar-refractivity contribution is 5.92. The molecular weight excluding hydrogens is 492 g/mol. The van der Waals surface area contributed by atoms with Crippen LogP contribution in [-0.4, -0.2) is 37.1 Å². The molecule has 0 aromatic heterocycles. The molecule has 0 saturated carbocycles. The van der Waals surface area contributed by atoms with Crippen molar-refractivity contribution in [3.8, 4) is 23.0 Å². The van der Waals surface area contributed by atoms with Crippen LogP contribution in [0.3, 0.4) is 0 Å².